The van der Waals surface area contributed by atoms with E-state index in [4.69, 9.17) is 11.5 Å². The molecule has 0 aromatic carbocycles. The molecule has 0 saturated heterocycles. The molecule has 0 spiro atoms. The van der Waals surface area contributed by atoms with Crippen LogP contribution in [0, 0.1) is 0 Å². The van der Waals surface area contributed by atoms with Gasteiger partial charge in [-0.3, -0.25) is 4.79 Å². The van der Waals surface area contributed by atoms with Crippen LogP contribution in [-0.4, -0.2) is 22.4 Å². The van der Waals surface area contributed by atoms with Crippen molar-refractivity contribution in [2.45, 2.75) is 6.42 Å². The Kier molecular flexibility index (Phi) is 5.33. The maximum atomic E-state index is 10.2. The summed E-state index contributed by atoms with van der Waals surface area (Å²) < 4.78 is 0. The standard InChI is InChI=1S/C5H10N2OS2/c6-4(8)3-10-2-1-5(7)9/h1-3H2,(H2,6,8)(H2,7,9). The quantitative estimate of drug-likeness (QED) is 0.455. The third-order valence-corrected chi connectivity index (χ3v) is 1.92. The summed E-state index contributed by atoms with van der Waals surface area (Å²) in [4.78, 5) is 10.7. The lowest BCUT2D eigenvalue weighted by atomic mass is 10.5. The van der Waals surface area contributed by atoms with Crippen molar-refractivity contribution in [1.82, 2.24) is 0 Å². The average Bonchev–Trinajstić information content (AvgIpc) is 1.79. The predicted molar refractivity (Wildman–Crippen MR) is 47.9 cm³/mol. The van der Waals surface area contributed by atoms with Gasteiger partial charge in [0.2, 0.25) is 5.91 Å². The molecule has 4 N–H and O–H groups in total. The first-order valence-corrected chi connectivity index (χ1v) is 4.33. The van der Waals surface area contributed by atoms with Gasteiger partial charge in [0.05, 0.1) is 10.7 Å². The van der Waals surface area contributed by atoms with Crippen molar-refractivity contribution in [1.29, 1.82) is 0 Å². The number of carbonyl (C=O) groups excluding carboxylic acids is 1. The maximum Gasteiger partial charge on any atom is 0.227 e. The zero-order chi connectivity index (χ0) is 7.98. The van der Waals surface area contributed by atoms with Crippen LogP contribution in [0.2, 0.25) is 0 Å². The third-order valence-electron chi connectivity index (χ3n) is 0.737. The van der Waals surface area contributed by atoms with Crippen LogP contribution < -0.4 is 11.5 Å². The Balaban J connectivity index is 3.06. The average molecular weight is 178 g/mol. The summed E-state index contributed by atoms with van der Waals surface area (Å²) >= 11 is 6.07. The van der Waals surface area contributed by atoms with E-state index in [-0.39, 0.29) is 5.91 Å². The summed E-state index contributed by atoms with van der Waals surface area (Å²) in [5, 5.41) is 0. The largest absolute Gasteiger partial charge is 0.393 e. The van der Waals surface area contributed by atoms with Gasteiger partial charge >= 0.3 is 0 Å². The molecule has 0 rings (SSSR count). The molecule has 1 amide bonds. The smallest absolute Gasteiger partial charge is 0.227 e. The zero-order valence-electron chi connectivity index (χ0n) is 5.50. The first kappa shape index (κ1) is 9.71. The summed E-state index contributed by atoms with van der Waals surface area (Å²) in [6.45, 7) is 0. The Hall–Kier alpha value is -0.290. The van der Waals surface area contributed by atoms with Crippen molar-refractivity contribution < 1.29 is 4.79 Å². The molecule has 0 heterocycles. The van der Waals surface area contributed by atoms with Crippen LogP contribution in [-0.2, 0) is 4.79 Å². The Morgan fingerprint density at radius 3 is 2.50 bits per heavy atom. The van der Waals surface area contributed by atoms with Crippen LogP contribution in [0.5, 0.6) is 0 Å². The molecule has 0 radical (unpaired) electrons. The van der Waals surface area contributed by atoms with Gasteiger partial charge in [0.15, 0.2) is 0 Å². The van der Waals surface area contributed by atoms with Crippen molar-refractivity contribution >= 4 is 34.9 Å². The predicted octanol–water partition coefficient (Wildman–Crippen LogP) is -0.119. The van der Waals surface area contributed by atoms with Crippen LogP contribution in [0.4, 0.5) is 0 Å². The molecule has 10 heavy (non-hydrogen) atoms. The van der Waals surface area contributed by atoms with E-state index in [1.54, 1.807) is 0 Å². The fourth-order valence-electron chi connectivity index (χ4n) is 0.346. The second-order valence-corrected chi connectivity index (χ2v) is 3.36. The Morgan fingerprint density at radius 2 is 2.10 bits per heavy atom. The van der Waals surface area contributed by atoms with Gasteiger partial charge < -0.3 is 11.5 Å². The molecule has 58 valence electrons. The number of primary amides is 1. The van der Waals surface area contributed by atoms with Crippen molar-refractivity contribution in [2.75, 3.05) is 11.5 Å². The van der Waals surface area contributed by atoms with E-state index in [1.165, 1.54) is 11.8 Å². The highest BCUT2D eigenvalue weighted by molar-refractivity contribution is 8.00. The SMILES string of the molecule is NC(=O)CSCCC(N)=S. The van der Waals surface area contributed by atoms with Crippen LogP contribution in [0.25, 0.3) is 0 Å². The highest BCUT2D eigenvalue weighted by atomic mass is 32.2. The molecule has 0 fully saturated rings. The number of carbonyl (C=O) groups is 1. The summed E-state index contributed by atoms with van der Waals surface area (Å²) in [5.41, 5.74) is 10.1. The van der Waals surface area contributed by atoms with Gasteiger partial charge in [-0.15, -0.1) is 0 Å². The normalized spacial score (nSPS) is 9.20. The minimum absolute atomic E-state index is 0.298. The minimum Gasteiger partial charge on any atom is -0.393 e. The third kappa shape index (κ3) is 7.71. The van der Waals surface area contributed by atoms with E-state index in [0.717, 1.165) is 5.75 Å². The Morgan fingerprint density at radius 1 is 1.50 bits per heavy atom. The van der Waals surface area contributed by atoms with Gasteiger partial charge in [0.1, 0.15) is 0 Å². The fourth-order valence-corrected chi connectivity index (χ4v) is 1.29. The second-order valence-electron chi connectivity index (χ2n) is 1.74. The first-order valence-electron chi connectivity index (χ1n) is 2.77. The van der Waals surface area contributed by atoms with E-state index < -0.39 is 0 Å². The molecule has 0 bridgehead atoms. The topological polar surface area (TPSA) is 69.1 Å². The minimum atomic E-state index is -0.298. The maximum absolute atomic E-state index is 10.2. The number of hydrogen-bond donors (Lipinski definition) is 2. The molecule has 0 aromatic rings. The van der Waals surface area contributed by atoms with Gasteiger partial charge in [-0.05, 0) is 0 Å². The summed E-state index contributed by atoms with van der Waals surface area (Å²) in [6.07, 6.45) is 0.674. The molecule has 0 aliphatic carbocycles. The molecule has 0 saturated carbocycles. The molecule has 0 aliphatic heterocycles. The fraction of sp³-hybridized carbons (Fsp3) is 0.600. The van der Waals surface area contributed by atoms with Crippen molar-refractivity contribution in [3.05, 3.63) is 0 Å². The number of amides is 1. The number of thioether (sulfide) groups is 1. The molecule has 0 aromatic heterocycles. The molecule has 3 nitrogen and oxygen atoms in total. The number of rotatable bonds is 5. The van der Waals surface area contributed by atoms with Gasteiger partial charge in [-0.25, -0.2) is 0 Å². The summed E-state index contributed by atoms with van der Waals surface area (Å²) in [5.74, 6) is 0.828. The van der Waals surface area contributed by atoms with E-state index in [9.17, 15) is 4.79 Å². The lowest BCUT2D eigenvalue weighted by molar-refractivity contribution is -0.115. The van der Waals surface area contributed by atoms with Gasteiger partial charge in [0.25, 0.3) is 0 Å². The monoisotopic (exact) mass is 178 g/mol. The van der Waals surface area contributed by atoms with E-state index in [2.05, 4.69) is 12.2 Å². The van der Waals surface area contributed by atoms with Crippen LogP contribution in [0.3, 0.4) is 0 Å². The summed E-state index contributed by atoms with van der Waals surface area (Å²) in [7, 11) is 0. The second kappa shape index (κ2) is 5.49. The highest BCUT2D eigenvalue weighted by Crippen LogP contribution is 2.00. The molecular weight excluding hydrogens is 168 g/mol. The molecule has 0 unspecified atom stereocenters. The molecule has 0 atom stereocenters. The van der Waals surface area contributed by atoms with Crippen LogP contribution >= 0.6 is 24.0 Å². The van der Waals surface area contributed by atoms with Gasteiger partial charge in [-0.2, -0.15) is 11.8 Å². The lowest BCUT2D eigenvalue weighted by Crippen LogP contribution is -2.14. The number of nitrogens with two attached hydrogens (primary N) is 2. The summed E-state index contributed by atoms with van der Waals surface area (Å²) in [6, 6.07) is 0. The molecule has 0 aliphatic rings. The van der Waals surface area contributed by atoms with Gasteiger partial charge in [-0.1, -0.05) is 12.2 Å². The van der Waals surface area contributed by atoms with Crippen molar-refractivity contribution in [3.63, 3.8) is 0 Å². The highest BCUT2D eigenvalue weighted by Gasteiger charge is 1.94. The van der Waals surface area contributed by atoms with Crippen molar-refractivity contribution in [2.24, 2.45) is 11.5 Å². The Bertz CT molecular complexity index is 122. The molecule has 5 heteroatoms. The lowest BCUT2D eigenvalue weighted by Gasteiger charge is -1.95. The van der Waals surface area contributed by atoms with E-state index in [0.29, 0.717) is 17.2 Å². The van der Waals surface area contributed by atoms with E-state index >= 15 is 0 Å². The zero-order valence-corrected chi connectivity index (χ0v) is 7.13. The van der Waals surface area contributed by atoms with Crippen LogP contribution in [0.15, 0.2) is 0 Å². The van der Waals surface area contributed by atoms with E-state index in [1.807, 2.05) is 0 Å². The molecular formula is C5H10N2OS2. The number of hydrogen-bond acceptors (Lipinski definition) is 3. The first-order chi connectivity index (χ1) is 4.63. The van der Waals surface area contributed by atoms with Crippen molar-refractivity contribution in [3.8, 4) is 0 Å². The number of thiocarbonyl (C=S) groups is 1. The Labute approximate surface area is 69.5 Å². The van der Waals surface area contributed by atoms with Crippen LogP contribution in [0.1, 0.15) is 6.42 Å². The van der Waals surface area contributed by atoms with Gasteiger partial charge in [0, 0.05) is 12.2 Å².